The van der Waals surface area contributed by atoms with Gasteiger partial charge in [0.15, 0.2) is 0 Å². The van der Waals surface area contributed by atoms with Gasteiger partial charge in [-0.15, -0.1) is 0 Å². The summed E-state index contributed by atoms with van der Waals surface area (Å²) >= 11 is 17.3. The first-order valence-corrected chi connectivity index (χ1v) is 9.35. The fraction of sp³-hybridized carbons (Fsp3) is 0.133. The lowest BCUT2D eigenvalue weighted by Gasteiger charge is -2.18. The van der Waals surface area contributed by atoms with Crippen LogP contribution in [0.4, 0.5) is 10.1 Å². The van der Waals surface area contributed by atoms with Crippen LogP contribution < -0.4 is 5.32 Å². The van der Waals surface area contributed by atoms with E-state index >= 15 is 0 Å². The number of rotatable bonds is 5. The first kappa shape index (κ1) is 19.9. The van der Waals surface area contributed by atoms with Gasteiger partial charge >= 0.3 is 0 Å². The molecular formula is C15H12Cl3FN2O3S. The Balaban J connectivity index is 2.14. The number of carbonyl (C=O) groups is 1. The molecule has 0 unspecified atom stereocenters. The van der Waals surface area contributed by atoms with Crippen molar-refractivity contribution in [2.24, 2.45) is 0 Å². The lowest BCUT2D eigenvalue weighted by molar-refractivity contribution is -0.116. The number of likely N-dealkylation sites (N-methyl/N-ethyl adjacent to an activating group) is 1. The Morgan fingerprint density at radius 2 is 1.80 bits per heavy atom. The molecule has 1 N–H and O–H groups in total. The number of carbonyl (C=O) groups excluding carboxylic acids is 1. The van der Waals surface area contributed by atoms with Gasteiger partial charge in [-0.05, 0) is 36.4 Å². The van der Waals surface area contributed by atoms with Crippen molar-refractivity contribution in [2.45, 2.75) is 4.90 Å². The fourth-order valence-electron chi connectivity index (χ4n) is 1.90. The van der Waals surface area contributed by atoms with E-state index in [4.69, 9.17) is 34.8 Å². The largest absolute Gasteiger partial charge is 0.325 e. The molecule has 1 amide bonds. The summed E-state index contributed by atoms with van der Waals surface area (Å²) in [5.74, 6) is -1.26. The maximum atomic E-state index is 13.1. The van der Waals surface area contributed by atoms with Gasteiger partial charge in [-0.25, -0.2) is 12.8 Å². The van der Waals surface area contributed by atoms with Crippen LogP contribution in [0.2, 0.25) is 15.1 Å². The predicted octanol–water partition coefficient (Wildman–Crippen LogP) is 4.05. The van der Waals surface area contributed by atoms with E-state index in [-0.39, 0.29) is 25.7 Å². The lowest BCUT2D eigenvalue weighted by atomic mass is 10.3. The summed E-state index contributed by atoms with van der Waals surface area (Å²) in [5.41, 5.74) is 0.239. The normalized spacial score (nSPS) is 11.6. The smallest absolute Gasteiger partial charge is 0.244 e. The number of nitrogens with zero attached hydrogens (tertiary/aromatic N) is 1. The third kappa shape index (κ3) is 4.83. The highest BCUT2D eigenvalue weighted by atomic mass is 35.5. The van der Waals surface area contributed by atoms with Crippen LogP contribution in [0.5, 0.6) is 0 Å². The van der Waals surface area contributed by atoms with Crippen LogP contribution in [-0.4, -0.2) is 32.2 Å². The molecule has 0 bridgehead atoms. The third-order valence-corrected chi connectivity index (χ3v) is 5.96. The molecule has 0 aliphatic heterocycles. The maximum absolute atomic E-state index is 13.1. The molecule has 0 atom stereocenters. The molecule has 2 aromatic carbocycles. The molecule has 0 aliphatic rings. The summed E-state index contributed by atoms with van der Waals surface area (Å²) in [6, 6.07) is 7.62. The average Bonchev–Trinajstić information content (AvgIpc) is 2.53. The Kier molecular flexibility index (Phi) is 6.29. The van der Waals surface area contributed by atoms with E-state index in [1.165, 1.54) is 37.4 Å². The van der Waals surface area contributed by atoms with E-state index < -0.39 is 28.3 Å². The molecule has 0 saturated carbocycles. The molecule has 0 aliphatic carbocycles. The second-order valence-electron chi connectivity index (χ2n) is 5.01. The molecule has 2 rings (SSSR count). The standard InChI is InChI=1S/C15H12Cl3FN2O3S/c1-21(25(23,24)14-6-9(16)2-4-11(14)17)8-15(22)20-10-3-5-13(19)12(18)7-10/h2-7H,8H2,1H3,(H,20,22). The highest BCUT2D eigenvalue weighted by Crippen LogP contribution is 2.27. The highest BCUT2D eigenvalue weighted by Gasteiger charge is 2.25. The van der Waals surface area contributed by atoms with Crippen LogP contribution in [0.3, 0.4) is 0 Å². The molecule has 0 spiro atoms. The third-order valence-electron chi connectivity index (χ3n) is 3.15. The van der Waals surface area contributed by atoms with Gasteiger partial charge in [-0.2, -0.15) is 4.31 Å². The van der Waals surface area contributed by atoms with Crippen molar-refractivity contribution in [1.82, 2.24) is 4.31 Å². The van der Waals surface area contributed by atoms with E-state index in [1.54, 1.807) is 0 Å². The first-order chi connectivity index (χ1) is 11.6. The van der Waals surface area contributed by atoms with Crippen molar-refractivity contribution in [1.29, 1.82) is 0 Å². The van der Waals surface area contributed by atoms with Crippen molar-refractivity contribution >= 4 is 56.4 Å². The molecule has 2 aromatic rings. The number of hydrogen-bond donors (Lipinski definition) is 1. The van der Waals surface area contributed by atoms with Crippen LogP contribution >= 0.6 is 34.8 Å². The van der Waals surface area contributed by atoms with Crippen LogP contribution in [0.15, 0.2) is 41.3 Å². The summed E-state index contributed by atoms with van der Waals surface area (Å²) in [4.78, 5) is 11.8. The number of halogens is 4. The van der Waals surface area contributed by atoms with Gasteiger partial charge in [0.2, 0.25) is 15.9 Å². The van der Waals surface area contributed by atoms with Crippen molar-refractivity contribution in [3.63, 3.8) is 0 Å². The Hall–Kier alpha value is -1.38. The predicted molar refractivity (Wildman–Crippen MR) is 96.3 cm³/mol. The number of benzene rings is 2. The van der Waals surface area contributed by atoms with E-state index in [1.807, 2.05) is 0 Å². The Bertz CT molecular complexity index is 922. The average molecular weight is 426 g/mol. The van der Waals surface area contributed by atoms with Gasteiger partial charge in [0.05, 0.1) is 16.6 Å². The highest BCUT2D eigenvalue weighted by molar-refractivity contribution is 7.89. The van der Waals surface area contributed by atoms with Crippen molar-refractivity contribution in [3.8, 4) is 0 Å². The number of anilines is 1. The molecule has 0 radical (unpaired) electrons. The number of amides is 1. The number of hydrogen-bond acceptors (Lipinski definition) is 3. The molecule has 0 aromatic heterocycles. The summed E-state index contributed by atoms with van der Waals surface area (Å²) in [6.07, 6.45) is 0. The zero-order valence-electron chi connectivity index (χ0n) is 12.8. The van der Waals surface area contributed by atoms with Crippen LogP contribution in [0, 0.1) is 5.82 Å². The maximum Gasteiger partial charge on any atom is 0.244 e. The van der Waals surface area contributed by atoms with Gasteiger partial charge in [0.1, 0.15) is 10.7 Å². The summed E-state index contributed by atoms with van der Waals surface area (Å²) in [6.45, 7) is -0.486. The van der Waals surface area contributed by atoms with E-state index in [2.05, 4.69) is 5.32 Å². The van der Waals surface area contributed by atoms with Crippen molar-refractivity contribution in [2.75, 3.05) is 18.9 Å². The Morgan fingerprint density at radius 3 is 2.44 bits per heavy atom. The second kappa shape index (κ2) is 7.88. The van der Waals surface area contributed by atoms with Crippen molar-refractivity contribution < 1.29 is 17.6 Å². The molecular weight excluding hydrogens is 414 g/mol. The molecule has 134 valence electrons. The number of sulfonamides is 1. The van der Waals surface area contributed by atoms with E-state index in [0.29, 0.717) is 0 Å². The fourth-order valence-corrected chi connectivity index (χ4v) is 3.95. The zero-order valence-corrected chi connectivity index (χ0v) is 15.8. The minimum Gasteiger partial charge on any atom is -0.325 e. The molecule has 0 saturated heterocycles. The molecule has 0 heterocycles. The minimum atomic E-state index is -4.02. The summed E-state index contributed by atoms with van der Waals surface area (Å²) in [5, 5.41) is 2.46. The van der Waals surface area contributed by atoms with Crippen LogP contribution in [0.25, 0.3) is 0 Å². The first-order valence-electron chi connectivity index (χ1n) is 6.77. The quantitative estimate of drug-likeness (QED) is 0.786. The van der Waals surface area contributed by atoms with Crippen LogP contribution in [-0.2, 0) is 14.8 Å². The second-order valence-corrected chi connectivity index (χ2v) is 8.28. The SMILES string of the molecule is CN(CC(=O)Nc1ccc(F)c(Cl)c1)S(=O)(=O)c1cc(Cl)ccc1Cl. The van der Waals surface area contributed by atoms with Gasteiger partial charge in [0, 0.05) is 17.8 Å². The van der Waals surface area contributed by atoms with Gasteiger partial charge in [-0.1, -0.05) is 34.8 Å². The van der Waals surface area contributed by atoms with Gasteiger partial charge in [0.25, 0.3) is 0 Å². The van der Waals surface area contributed by atoms with Gasteiger partial charge in [-0.3, -0.25) is 4.79 Å². The van der Waals surface area contributed by atoms with Crippen LogP contribution in [0.1, 0.15) is 0 Å². The lowest BCUT2D eigenvalue weighted by Crippen LogP contribution is -2.35. The molecule has 10 heteroatoms. The summed E-state index contributed by atoms with van der Waals surface area (Å²) < 4.78 is 39.0. The minimum absolute atomic E-state index is 0.0121. The monoisotopic (exact) mass is 424 g/mol. The van der Waals surface area contributed by atoms with E-state index in [0.717, 1.165) is 10.4 Å². The van der Waals surface area contributed by atoms with Gasteiger partial charge < -0.3 is 5.32 Å². The van der Waals surface area contributed by atoms with Crippen molar-refractivity contribution in [3.05, 3.63) is 57.3 Å². The summed E-state index contributed by atoms with van der Waals surface area (Å²) in [7, 11) is -2.80. The molecule has 5 nitrogen and oxygen atoms in total. The Labute approximate surface area is 159 Å². The topological polar surface area (TPSA) is 66.5 Å². The Morgan fingerprint density at radius 1 is 1.12 bits per heavy atom. The van der Waals surface area contributed by atoms with E-state index in [9.17, 15) is 17.6 Å². The zero-order chi connectivity index (χ0) is 18.8. The molecule has 0 fully saturated rings. The number of nitrogens with one attached hydrogen (secondary N) is 1. The molecule has 25 heavy (non-hydrogen) atoms.